The molecule has 3 aromatic heterocycles. The highest BCUT2D eigenvalue weighted by molar-refractivity contribution is 7.15. The van der Waals surface area contributed by atoms with Gasteiger partial charge in [0.25, 0.3) is 5.92 Å². The van der Waals surface area contributed by atoms with Gasteiger partial charge < -0.3 is 4.90 Å². The molecule has 0 radical (unpaired) electrons. The second-order valence-electron chi connectivity index (χ2n) is 8.16. The first-order valence-electron chi connectivity index (χ1n) is 10.5. The molecule has 1 aliphatic heterocycles. The number of tetrazole rings is 1. The van der Waals surface area contributed by atoms with Crippen molar-refractivity contribution in [3.63, 3.8) is 0 Å². The molecule has 0 amide bonds. The number of alkyl halides is 2. The van der Waals surface area contributed by atoms with Crippen LogP contribution in [0.3, 0.4) is 0 Å². The number of hydrogen-bond donors (Lipinski definition) is 1. The van der Waals surface area contributed by atoms with Gasteiger partial charge in [-0.3, -0.25) is 0 Å². The number of fused-ring (bicyclic) bond motifs is 1. The molecule has 1 fully saturated rings. The molecular formula is C21H24F2N6S. The fourth-order valence-electron chi connectivity index (χ4n) is 4.50. The van der Waals surface area contributed by atoms with E-state index in [1.54, 1.807) is 11.3 Å². The van der Waals surface area contributed by atoms with E-state index >= 15 is 0 Å². The minimum absolute atomic E-state index is 0.162. The molecule has 158 valence electrons. The number of anilines is 1. The average Bonchev–Trinajstić information content (AvgIpc) is 3.34. The second kappa shape index (κ2) is 7.68. The van der Waals surface area contributed by atoms with Crippen LogP contribution in [0.15, 0.2) is 12.1 Å². The summed E-state index contributed by atoms with van der Waals surface area (Å²) in [7, 11) is 0. The number of aryl methyl sites for hydroxylation is 2. The molecule has 0 atom stereocenters. The molecule has 0 saturated carbocycles. The number of halogens is 2. The van der Waals surface area contributed by atoms with Gasteiger partial charge in [-0.2, -0.15) is 5.21 Å². The van der Waals surface area contributed by atoms with Crippen molar-refractivity contribution in [3.8, 4) is 21.8 Å². The average molecular weight is 431 g/mol. The lowest BCUT2D eigenvalue weighted by Crippen LogP contribution is -2.40. The first kappa shape index (κ1) is 19.5. The lowest BCUT2D eigenvalue weighted by Gasteiger charge is -2.34. The summed E-state index contributed by atoms with van der Waals surface area (Å²) in [6, 6.07) is 4.25. The van der Waals surface area contributed by atoms with E-state index in [0.717, 1.165) is 47.4 Å². The van der Waals surface area contributed by atoms with Crippen molar-refractivity contribution in [2.24, 2.45) is 0 Å². The fourth-order valence-corrected chi connectivity index (χ4v) is 5.45. The molecule has 4 heterocycles. The largest absolute Gasteiger partial charge is 0.356 e. The Labute approximate surface area is 177 Å². The van der Waals surface area contributed by atoms with Gasteiger partial charge in [0.15, 0.2) is 0 Å². The number of H-pyrrole nitrogens is 1. The molecule has 1 N–H and O–H groups in total. The summed E-state index contributed by atoms with van der Waals surface area (Å²) in [6.45, 7) is 2.63. The topological polar surface area (TPSA) is 70.6 Å². The number of hydrogen-bond acceptors (Lipinski definition) is 6. The Morgan fingerprint density at radius 2 is 1.87 bits per heavy atom. The second-order valence-corrected chi connectivity index (χ2v) is 9.45. The lowest BCUT2D eigenvalue weighted by atomic mass is 9.94. The van der Waals surface area contributed by atoms with Gasteiger partial charge in [0.05, 0.1) is 5.56 Å². The molecule has 0 unspecified atom stereocenters. The van der Waals surface area contributed by atoms with Gasteiger partial charge in [-0.25, -0.2) is 13.8 Å². The van der Waals surface area contributed by atoms with Crippen LogP contribution in [0.5, 0.6) is 0 Å². The molecule has 30 heavy (non-hydrogen) atoms. The van der Waals surface area contributed by atoms with E-state index in [4.69, 9.17) is 4.98 Å². The van der Waals surface area contributed by atoms with E-state index in [0.29, 0.717) is 11.6 Å². The highest BCUT2D eigenvalue weighted by atomic mass is 32.1. The lowest BCUT2D eigenvalue weighted by molar-refractivity contribution is -0.0221. The summed E-state index contributed by atoms with van der Waals surface area (Å²) in [6.07, 6.45) is 4.93. The monoisotopic (exact) mass is 430 g/mol. The van der Waals surface area contributed by atoms with E-state index in [9.17, 15) is 8.78 Å². The summed E-state index contributed by atoms with van der Waals surface area (Å²) in [5.74, 6) is -1.42. The van der Waals surface area contributed by atoms with Crippen molar-refractivity contribution >= 4 is 17.2 Å². The van der Waals surface area contributed by atoms with Crippen molar-refractivity contribution in [2.75, 3.05) is 18.0 Å². The van der Waals surface area contributed by atoms with Crippen molar-refractivity contribution in [1.82, 2.24) is 25.6 Å². The van der Waals surface area contributed by atoms with Crippen LogP contribution in [-0.4, -0.2) is 44.6 Å². The quantitative estimate of drug-likeness (QED) is 0.604. The van der Waals surface area contributed by atoms with Crippen molar-refractivity contribution in [3.05, 3.63) is 28.3 Å². The molecule has 5 rings (SSSR count). The van der Waals surface area contributed by atoms with Crippen molar-refractivity contribution in [1.29, 1.82) is 0 Å². The first-order valence-corrected chi connectivity index (χ1v) is 11.3. The van der Waals surface area contributed by atoms with Crippen LogP contribution < -0.4 is 4.90 Å². The van der Waals surface area contributed by atoms with Crippen LogP contribution in [0.4, 0.5) is 14.6 Å². The minimum Gasteiger partial charge on any atom is -0.356 e. The zero-order valence-corrected chi connectivity index (χ0v) is 17.7. The zero-order chi connectivity index (χ0) is 20.7. The van der Waals surface area contributed by atoms with E-state index in [2.05, 4.69) is 39.7 Å². The van der Waals surface area contributed by atoms with Crippen LogP contribution in [-0.2, 0) is 12.8 Å². The number of rotatable bonds is 3. The SMILES string of the molecule is Cc1ccc(-c2c3c(nc(N4CCC(F)(F)CC4)c2-c2nn[nH]n2)CCCCC3)s1. The van der Waals surface area contributed by atoms with E-state index in [1.807, 2.05) is 4.90 Å². The molecular weight excluding hydrogens is 406 g/mol. The van der Waals surface area contributed by atoms with Crippen LogP contribution in [0.25, 0.3) is 21.8 Å². The summed E-state index contributed by atoms with van der Waals surface area (Å²) in [5, 5.41) is 14.9. The van der Waals surface area contributed by atoms with Gasteiger partial charge in [-0.05, 0) is 55.5 Å². The Morgan fingerprint density at radius 3 is 2.57 bits per heavy atom. The van der Waals surface area contributed by atoms with Gasteiger partial charge >= 0.3 is 0 Å². The van der Waals surface area contributed by atoms with E-state index in [-0.39, 0.29) is 25.9 Å². The van der Waals surface area contributed by atoms with Crippen LogP contribution in [0.1, 0.15) is 48.2 Å². The summed E-state index contributed by atoms with van der Waals surface area (Å²) in [4.78, 5) is 9.42. The Hall–Kier alpha value is -2.42. The molecule has 9 heteroatoms. The minimum atomic E-state index is -2.61. The molecule has 0 spiro atoms. The summed E-state index contributed by atoms with van der Waals surface area (Å²) >= 11 is 1.73. The third-order valence-electron chi connectivity index (χ3n) is 6.06. The molecule has 3 aromatic rings. The standard InChI is InChI=1S/C21H24F2N6S/c1-13-7-8-16(30-13)17-14-5-3-2-4-6-15(14)24-20(18(17)19-25-27-28-26-19)29-11-9-21(22,23)10-12-29/h7-8H,2-6,9-12H2,1H3,(H,25,26,27,28). The number of nitrogens with zero attached hydrogens (tertiary/aromatic N) is 5. The maximum Gasteiger partial charge on any atom is 0.251 e. The summed E-state index contributed by atoms with van der Waals surface area (Å²) < 4.78 is 27.7. The number of pyridine rings is 1. The molecule has 1 saturated heterocycles. The van der Waals surface area contributed by atoms with Crippen molar-refractivity contribution < 1.29 is 8.78 Å². The van der Waals surface area contributed by atoms with E-state index in [1.165, 1.54) is 16.9 Å². The Balaban J connectivity index is 1.75. The number of piperidine rings is 1. The van der Waals surface area contributed by atoms with Gasteiger partial charge in [0.2, 0.25) is 5.82 Å². The molecule has 2 aliphatic rings. The van der Waals surface area contributed by atoms with Gasteiger partial charge in [0, 0.05) is 46.9 Å². The van der Waals surface area contributed by atoms with Gasteiger partial charge in [-0.1, -0.05) is 6.42 Å². The van der Waals surface area contributed by atoms with Crippen LogP contribution >= 0.6 is 11.3 Å². The maximum atomic E-state index is 13.9. The molecule has 0 aromatic carbocycles. The molecule has 6 nitrogen and oxygen atoms in total. The number of thiophene rings is 1. The zero-order valence-electron chi connectivity index (χ0n) is 16.9. The summed E-state index contributed by atoms with van der Waals surface area (Å²) in [5.41, 5.74) is 4.26. The predicted molar refractivity (Wildman–Crippen MR) is 113 cm³/mol. The number of nitrogens with one attached hydrogen (secondary N) is 1. The van der Waals surface area contributed by atoms with Crippen LogP contribution in [0, 0.1) is 6.92 Å². The normalized spacial score (nSPS) is 18.8. The first-order chi connectivity index (χ1) is 14.5. The molecule has 0 bridgehead atoms. The van der Waals surface area contributed by atoms with Crippen molar-refractivity contribution in [2.45, 2.75) is 57.8 Å². The maximum absolute atomic E-state index is 13.9. The van der Waals surface area contributed by atoms with Crippen LogP contribution in [0.2, 0.25) is 0 Å². The molecule has 1 aliphatic carbocycles. The van der Waals surface area contributed by atoms with Gasteiger partial charge in [-0.15, -0.1) is 21.5 Å². The fraction of sp³-hybridized carbons (Fsp3) is 0.524. The number of aromatic nitrogens is 5. The highest BCUT2D eigenvalue weighted by Crippen LogP contribution is 2.45. The Bertz CT molecular complexity index is 1040. The number of aromatic amines is 1. The third kappa shape index (κ3) is 3.59. The Kier molecular flexibility index (Phi) is 5.00. The Morgan fingerprint density at radius 1 is 1.07 bits per heavy atom. The highest BCUT2D eigenvalue weighted by Gasteiger charge is 2.37. The van der Waals surface area contributed by atoms with E-state index < -0.39 is 5.92 Å². The third-order valence-corrected chi connectivity index (χ3v) is 7.07. The van der Waals surface area contributed by atoms with Gasteiger partial charge in [0.1, 0.15) is 5.82 Å². The predicted octanol–water partition coefficient (Wildman–Crippen LogP) is 4.80. The smallest absolute Gasteiger partial charge is 0.251 e.